The van der Waals surface area contributed by atoms with Gasteiger partial charge in [0, 0.05) is 12.6 Å². The summed E-state index contributed by atoms with van der Waals surface area (Å²) >= 11 is 0. The van der Waals surface area contributed by atoms with E-state index in [0.717, 1.165) is 27.3 Å². The molecule has 0 aromatic heterocycles. The number of aryl methyl sites for hydroxylation is 1. The molecule has 1 N–H and O–H groups in total. The first-order valence-corrected chi connectivity index (χ1v) is 13.4. The normalized spacial score (nSPS) is 12.5. The molecule has 0 saturated heterocycles. The van der Waals surface area contributed by atoms with Gasteiger partial charge in [0.25, 0.3) is 0 Å². The lowest BCUT2D eigenvalue weighted by Crippen LogP contribution is -2.52. The maximum absolute atomic E-state index is 13.5. The third-order valence-electron chi connectivity index (χ3n) is 5.60. The van der Waals surface area contributed by atoms with Crippen LogP contribution in [0.15, 0.2) is 48.5 Å². The smallest absolute Gasteiger partial charge is 0.244 e. The van der Waals surface area contributed by atoms with Crippen molar-refractivity contribution in [1.29, 1.82) is 0 Å². The molecule has 0 fully saturated rings. The van der Waals surface area contributed by atoms with Gasteiger partial charge in [-0.15, -0.1) is 0 Å². The molecule has 7 nitrogen and oxygen atoms in total. The van der Waals surface area contributed by atoms with Crippen LogP contribution in [0.3, 0.4) is 0 Å². The number of hydrogen-bond acceptors (Lipinski definition) is 4. The molecule has 0 saturated carbocycles. The summed E-state index contributed by atoms with van der Waals surface area (Å²) in [6.45, 7) is 11.2. The lowest BCUT2D eigenvalue weighted by molar-refractivity contribution is -0.139. The molecule has 2 rings (SSSR count). The van der Waals surface area contributed by atoms with Crippen LogP contribution in [0.5, 0.6) is 0 Å². The third kappa shape index (κ3) is 7.58. The molecule has 1 atom stereocenters. The van der Waals surface area contributed by atoms with Gasteiger partial charge in [0.05, 0.1) is 11.9 Å². The molecule has 0 unspecified atom stereocenters. The van der Waals surface area contributed by atoms with Gasteiger partial charge in [-0.25, -0.2) is 8.42 Å². The third-order valence-corrected chi connectivity index (χ3v) is 6.74. The molecule has 0 bridgehead atoms. The highest BCUT2D eigenvalue weighted by Gasteiger charge is 2.30. The molecule has 34 heavy (non-hydrogen) atoms. The van der Waals surface area contributed by atoms with Gasteiger partial charge in [0.15, 0.2) is 0 Å². The molecule has 2 amide bonds. The van der Waals surface area contributed by atoms with E-state index in [1.54, 1.807) is 19.1 Å². The fourth-order valence-corrected chi connectivity index (χ4v) is 4.37. The van der Waals surface area contributed by atoms with Gasteiger partial charge < -0.3 is 10.2 Å². The molecule has 0 spiro atoms. The number of amides is 2. The second-order valence-electron chi connectivity index (χ2n) is 9.36. The SMILES string of the molecule is Cc1ccc(CN(C(=O)CN(c2ccc(C(C)C)cc2)S(C)(=O)=O)[C@H](C)C(=O)NC(C)C)cc1. The van der Waals surface area contributed by atoms with Crippen LogP contribution >= 0.6 is 0 Å². The van der Waals surface area contributed by atoms with Gasteiger partial charge >= 0.3 is 0 Å². The first kappa shape index (κ1) is 27.4. The number of nitrogens with zero attached hydrogens (tertiary/aromatic N) is 2. The van der Waals surface area contributed by atoms with E-state index in [9.17, 15) is 18.0 Å². The highest BCUT2D eigenvalue weighted by molar-refractivity contribution is 7.92. The van der Waals surface area contributed by atoms with E-state index in [1.165, 1.54) is 4.90 Å². The lowest BCUT2D eigenvalue weighted by atomic mass is 10.0. The molecule has 186 valence electrons. The van der Waals surface area contributed by atoms with Crippen molar-refractivity contribution in [2.24, 2.45) is 0 Å². The van der Waals surface area contributed by atoms with Gasteiger partial charge in [-0.2, -0.15) is 0 Å². The van der Waals surface area contributed by atoms with Crippen LogP contribution < -0.4 is 9.62 Å². The summed E-state index contributed by atoms with van der Waals surface area (Å²) in [5.74, 6) is -0.444. The summed E-state index contributed by atoms with van der Waals surface area (Å²) < 4.78 is 26.4. The van der Waals surface area contributed by atoms with Crippen LogP contribution in [0.1, 0.15) is 57.2 Å². The first-order valence-electron chi connectivity index (χ1n) is 11.5. The second kappa shape index (κ2) is 11.5. The van der Waals surface area contributed by atoms with Gasteiger partial charge in [0.2, 0.25) is 21.8 Å². The van der Waals surface area contributed by atoms with Crippen LogP contribution in [-0.2, 0) is 26.2 Å². The number of rotatable bonds is 10. The Morgan fingerprint density at radius 2 is 1.47 bits per heavy atom. The van der Waals surface area contributed by atoms with Crippen molar-refractivity contribution in [1.82, 2.24) is 10.2 Å². The molecule has 2 aromatic carbocycles. The Hall–Kier alpha value is -2.87. The van der Waals surface area contributed by atoms with E-state index in [-0.39, 0.29) is 18.5 Å². The Balaban J connectivity index is 2.37. The average Bonchev–Trinajstić information content (AvgIpc) is 2.75. The molecular formula is C26H37N3O4S. The minimum absolute atomic E-state index is 0.0849. The van der Waals surface area contributed by atoms with Crippen LogP contribution in [0.4, 0.5) is 5.69 Å². The van der Waals surface area contributed by atoms with Crippen LogP contribution in [-0.4, -0.2) is 50.0 Å². The van der Waals surface area contributed by atoms with Crippen molar-refractivity contribution < 1.29 is 18.0 Å². The molecule has 0 heterocycles. The Labute approximate surface area is 204 Å². The molecule has 0 aliphatic rings. The van der Waals surface area contributed by atoms with Crippen LogP contribution in [0.25, 0.3) is 0 Å². The maximum atomic E-state index is 13.5. The molecule has 0 aliphatic carbocycles. The zero-order valence-electron chi connectivity index (χ0n) is 21.2. The van der Waals surface area contributed by atoms with Gasteiger partial charge in [-0.1, -0.05) is 55.8 Å². The van der Waals surface area contributed by atoms with Crippen LogP contribution in [0, 0.1) is 6.92 Å². The van der Waals surface area contributed by atoms with E-state index in [4.69, 9.17) is 0 Å². The predicted octanol–water partition coefficient (Wildman–Crippen LogP) is 3.83. The number of sulfonamides is 1. The van der Waals surface area contributed by atoms with Crippen molar-refractivity contribution in [2.75, 3.05) is 17.1 Å². The number of carbonyl (C=O) groups is 2. The fourth-order valence-electron chi connectivity index (χ4n) is 3.52. The summed E-state index contributed by atoms with van der Waals surface area (Å²) in [7, 11) is -3.74. The second-order valence-corrected chi connectivity index (χ2v) is 11.3. The summed E-state index contributed by atoms with van der Waals surface area (Å²) in [5.41, 5.74) is 3.42. The van der Waals surface area contributed by atoms with Crippen molar-refractivity contribution in [3.05, 3.63) is 65.2 Å². The van der Waals surface area contributed by atoms with E-state index in [0.29, 0.717) is 11.6 Å². The first-order chi connectivity index (χ1) is 15.8. The fraction of sp³-hybridized carbons (Fsp3) is 0.462. The minimum Gasteiger partial charge on any atom is -0.352 e. The largest absolute Gasteiger partial charge is 0.352 e. The maximum Gasteiger partial charge on any atom is 0.244 e. The Kier molecular flexibility index (Phi) is 9.27. The molecule has 0 aliphatic heterocycles. The minimum atomic E-state index is -3.74. The van der Waals surface area contributed by atoms with E-state index >= 15 is 0 Å². The number of anilines is 1. The van der Waals surface area contributed by atoms with Gasteiger partial charge in [-0.3, -0.25) is 13.9 Å². The van der Waals surface area contributed by atoms with E-state index in [2.05, 4.69) is 19.2 Å². The molecule has 2 aromatic rings. The van der Waals surface area contributed by atoms with E-state index < -0.39 is 28.5 Å². The van der Waals surface area contributed by atoms with Crippen molar-refractivity contribution in [3.63, 3.8) is 0 Å². The van der Waals surface area contributed by atoms with E-state index in [1.807, 2.05) is 57.2 Å². The highest BCUT2D eigenvalue weighted by Crippen LogP contribution is 2.23. The Morgan fingerprint density at radius 1 is 0.912 bits per heavy atom. The van der Waals surface area contributed by atoms with Gasteiger partial charge in [-0.05, 0) is 56.9 Å². The zero-order valence-corrected chi connectivity index (χ0v) is 22.0. The summed E-state index contributed by atoms with van der Waals surface area (Å²) in [5, 5.41) is 2.84. The van der Waals surface area contributed by atoms with Gasteiger partial charge in [0.1, 0.15) is 12.6 Å². The number of carbonyl (C=O) groups excluding carboxylic acids is 2. The number of hydrogen-bond donors (Lipinski definition) is 1. The molecular weight excluding hydrogens is 450 g/mol. The molecule has 0 radical (unpaired) electrons. The average molecular weight is 488 g/mol. The molecule has 8 heteroatoms. The standard InChI is InChI=1S/C26H37N3O4S/c1-18(2)23-12-14-24(15-13-23)29(34(7,32)33)17-25(30)28(21(6)26(31)27-19(3)4)16-22-10-8-20(5)9-11-22/h8-15,18-19,21H,16-17H2,1-7H3,(H,27,31)/t21-/m1/s1. The summed E-state index contributed by atoms with van der Waals surface area (Å²) in [6, 6.07) is 14.0. The predicted molar refractivity (Wildman–Crippen MR) is 137 cm³/mol. The lowest BCUT2D eigenvalue weighted by Gasteiger charge is -2.32. The summed E-state index contributed by atoms with van der Waals surface area (Å²) in [6.07, 6.45) is 1.08. The Bertz CT molecular complexity index is 1080. The van der Waals surface area contributed by atoms with Crippen molar-refractivity contribution in [2.45, 2.75) is 66.1 Å². The van der Waals surface area contributed by atoms with Crippen LogP contribution in [0.2, 0.25) is 0 Å². The number of benzene rings is 2. The highest BCUT2D eigenvalue weighted by atomic mass is 32.2. The zero-order chi connectivity index (χ0) is 25.6. The topological polar surface area (TPSA) is 86.8 Å². The summed E-state index contributed by atoms with van der Waals surface area (Å²) in [4.78, 5) is 27.7. The monoisotopic (exact) mass is 487 g/mol. The van der Waals surface area contributed by atoms with Crippen molar-refractivity contribution >= 4 is 27.5 Å². The Morgan fingerprint density at radius 3 is 1.94 bits per heavy atom. The number of nitrogens with one attached hydrogen (secondary N) is 1. The van der Waals surface area contributed by atoms with Crippen molar-refractivity contribution in [3.8, 4) is 0 Å². The quantitative estimate of drug-likeness (QED) is 0.552.